The molecule has 2 atom stereocenters. The number of carbonyl (C=O) groups is 1. The van der Waals surface area contributed by atoms with Gasteiger partial charge in [0.25, 0.3) is 0 Å². The number of carbonyl (C=O) groups excluding carboxylic acids is 1. The van der Waals surface area contributed by atoms with Crippen molar-refractivity contribution in [3.05, 3.63) is 0 Å². The SMILES string of the molecule is NC1C(=O)N2CCC[C@H]12. The lowest BCUT2D eigenvalue weighted by Gasteiger charge is -2.40. The van der Waals surface area contributed by atoms with Crippen molar-refractivity contribution in [2.45, 2.75) is 24.9 Å². The summed E-state index contributed by atoms with van der Waals surface area (Å²) in [5.41, 5.74) is 5.52. The number of amides is 1. The van der Waals surface area contributed by atoms with Gasteiger partial charge in [-0.2, -0.15) is 0 Å². The van der Waals surface area contributed by atoms with E-state index in [1.165, 1.54) is 0 Å². The molecule has 3 nitrogen and oxygen atoms in total. The summed E-state index contributed by atoms with van der Waals surface area (Å²) in [4.78, 5) is 12.7. The number of fused-ring (bicyclic) bond motifs is 1. The second-order valence-electron chi connectivity index (χ2n) is 2.77. The van der Waals surface area contributed by atoms with E-state index in [-0.39, 0.29) is 11.9 Å². The van der Waals surface area contributed by atoms with Crippen LogP contribution in [-0.4, -0.2) is 29.4 Å². The lowest BCUT2D eigenvalue weighted by atomic mass is 9.98. The van der Waals surface area contributed by atoms with Crippen molar-refractivity contribution in [1.82, 2.24) is 4.90 Å². The fourth-order valence-electron chi connectivity index (χ4n) is 1.71. The molecule has 0 aliphatic carbocycles. The van der Waals surface area contributed by atoms with Gasteiger partial charge in [-0.3, -0.25) is 4.79 Å². The van der Waals surface area contributed by atoms with E-state index in [1.54, 1.807) is 0 Å². The van der Waals surface area contributed by atoms with Gasteiger partial charge < -0.3 is 10.6 Å². The zero-order valence-corrected chi connectivity index (χ0v) is 5.21. The molecule has 9 heavy (non-hydrogen) atoms. The molecule has 1 amide bonds. The minimum absolute atomic E-state index is 0.150. The first-order chi connectivity index (χ1) is 4.30. The van der Waals surface area contributed by atoms with Crippen LogP contribution in [0, 0.1) is 0 Å². The fraction of sp³-hybridized carbons (Fsp3) is 0.833. The lowest BCUT2D eigenvalue weighted by Crippen LogP contribution is -2.65. The molecule has 0 spiro atoms. The molecule has 2 rings (SSSR count). The fourth-order valence-corrected chi connectivity index (χ4v) is 1.71. The average Bonchev–Trinajstić information content (AvgIpc) is 2.30. The highest BCUT2D eigenvalue weighted by atomic mass is 16.2. The minimum Gasteiger partial charge on any atom is -0.336 e. The molecule has 0 aromatic heterocycles. The van der Waals surface area contributed by atoms with Crippen LogP contribution in [0.4, 0.5) is 0 Å². The highest BCUT2D eigenvalue weighted by Crippen LogP contribution is 2.28. The molecule has 50 valence electrons. The van der Waals surface area contributed by atoms with Crippen LogP contribution in [0.25, 0.3) is 0 Å². The average molecular weight is 126 g/mol. The quantitative estimate of drug-likeness (QED) is 0.437. The van der Waals surface area contributed by atoms with Gasteiger partial charge in [-0.25, -0.2) is 0 Å². The number of β-lactam (4-membered cyclic amide) rings is 1. The first kappa shape index (κ1) is 5.23. The third kappa shape index (κ3) is 0.477. The van der Waals surface area contributed by atoms with E-state index >= 15 is 0 Å². The van der Waals surface area contributed by atoms with Gasteiger partial charge in [0.2, 0.25) is 5.91 Å². The van der Waals surface area contributed by atoms with Crippen molar-refractivity contribution in [3.63, 3.8) is 0 Å². The van der Waals surface area contributed by atoms with Gasteiger partial charge in [-0.05, 0) is 12.8 Å². The van der Waals surface area contributed by atoms with Crippen molar-refractivity contribution in [1.29, 1.82) is 0 Å². The maximum atomic E-state index is 10.8. The Hall–Kier alpha value is -0.570. The second-order valence-corrected chi connectivity index (χ2v) is 2.77. The van der Waals surface area contributed by atoms with Crippen LogP contribution < -0.4 is 5.73 Å². The monoisotopic (exact) mass is 126 g/mol. The second kappa shape index (κ2) is 1.48. The summed E-state index contributed by atoms with van der Waals surface area (Å²) in [5, 5.41) is 0. The first-order valence-corrected chi connectivity index (χ1v) is 3.37. The summed E-state index contributed by atoms with van der Waals surface area (Å²) >= 11 is 0. The molecule has 2 fully saturated rings. The van der Waals surface area contributed by atoms with Crippen molar-refractivity contribution < 1.29 is 4.79 Å². The smallest absolute Gasteiger partial charge is 0.241 e. The predicted molar refractivity (Wildman–Crippen MR) is 32.7 cm³/mol. The predicted octanol–water partition coefficient (Wildman–Crippen LogP) is -0.682. The standard InChI is InChI=1S/C6H10N2O/c7-5-4-2-1-3-8(4)6(5)9/h4-5H,1-3,7H2/t4-,5?/m1/s1. The summed E-state index contributed by atoms with van der Waals surface area (Å²) in [6.07, 6.45) is 2.26. The Morgan fingerprint density at radius 2 is 2.44 bits per heavy atom. The highest BCUT2D eigenvalue weighted by Gasteiger charge is 2.46. The van der Waals surface area contributed by atoms with Crippen molar-refractivity contribution in [2.24, 2.45) is 5.73 Å². The Labute approximate surface area is 53.8 Å². The number of hydrogen-bond donors (Lipinski definition) is 1. The van der Waals surface area contributed by atoms with Crippen LogP contribution in [0.1, 0.15) is 12.8 Å². The Morgan fingerprint density at radius 3 is 3.11 bits per heavy atom. The molecule has 3 heteroatoms. The number of nitrogens with two attached hydrogens (primary N) is 1. The summed E-state index contributed by atoms with van der Waals surface area (Å²) < 4.78 is 0. The van der Waals surface area contributed by atoms with Crippen LogP contribution in [0.2, 0.25) is 0 Å². The molecule has 2 aliphatic rings. The van der Waals surface area contributed by atoms with Crippen LogP contribution in [0.3, 0.4) is 0 Å². The van der Waals surface area contributed by atoms with Crippen molar-refractivity contribution in [2.75, 3.05) is 6.54 Å². The Balaban J connectivity index is 2.14. The molecule has 2 aliphatic heterocycles. The molecule has 2 N–H and O–H groups in total. The largest absolute Gasteiger partial charge is 0.336 e. The van der Waals surface area contributed by atoms with E-state index in [0.717, 1.165) is 19.4 Å². The number of nitrogens with zero attached hydrogens (tertiary/aromatic N) is 1. The third-order valence-corrected chi connectivity index (χ3v) is 2.28. The van der Waals surface area contributed by atoms with Gasteiger partial charge in [-0.1, -0.05) is 0 Å². The van der Waals surface area contributed by atoms with E-state index in [9.17, 15) is 4.79 Å². The van der Waals surface area contributed by atoms with Crippen LogP contribution >= 0.6 is 0 Å². The zero-order valence-electron chi connectivity index (χ0n) is 5.21. The molecule has 0 bridgehead atoms. The highest BCUT2D eigenvalue weighted by molar-refractivity contribution is 5.89. The minimum atomic E-state index is -0.160. The molecule has 0 saturated carbocycles. The van der Waals surface area contributed by atoms with Gasteiger partial charge >= 0.3 is 0 Å². The van der Waals surface area contributed by atoms with E-state index < -0.39 is 0 Å². The van der Waals surface area contributed by atoms with Crippen LogP contribution in [0.15, 0.2) is 0 Å². The van der Waals surface area contributed by atoms with Gasteiger partial charge in [0, 0.05) is 6.54 Å². The summed E-state index contributed by atoms with van der Waals surface area (Å²) in [6.45, 7) is 0.942. The van der Waals surface area contributed by atoms with Crippen LogP contribution in [-0.2, 0) is 4.79 Å². The van der Waals surface area contributed by atoms with Gasteiger partial charge in [0.1, 0.15) is 6.04 Å². The third-order valence-electron chi connectivity index (χ3n) is 2.28. The summed E-state index contributed by atoms with van der Waals surface area (Å²) in [5.74, 6) is 0.150. The van der Waals surface area contributed by atoms with Crippen molar-refractivity contribution in [3.8, 4) is 0 Å². The van der Waals surface area contributed by atoms with E-state index in [1.807, 2.05) is 4.90 Å². The Bertz CT molecular complexity index is 157. The maximum absolute atomic E-state index is 10.8. The molecule has 0 radical (unpaired) electrons. The normalized spacial score (nSPS) is 40.6. The van der Waals surface area contributed by atoms with E-state index in [0.29, 0.717) is 6.04 Å². The lowest BCUT2D eigenvalue weighted by molar-refractivity contribution is -0.145. The molecule has 0 aromatic carbocycles. The number of hydrogen-bond acceptors (Lipinski definition) is 2. The molecule has 2 saturated heterocycles. The molecule has 2 heterocycles. The Kier molecular flexibility index (Phi) is 0.858. The van der Waals surface area contributed by atoms with E-state index in [2.05, 4.69) is 0 Å². The van der Waals surface area contributed by atoms with Gasteiger partial charge in [0.15, 0.2) is 0 Å². The van der Waals surface area contributed by atoms with Gasteiger partial charge in [-0.15, -0.1) is 0 Å². The molecule has 0 aromatic rings. The first-order valence-electron chi connectivity index (χ1n) is 3.37. The molecular weight excluding hydrogens is 116 g/mol. The molecular formula is C6H10N2O. The summed E-state index contributed by atoms with van der Waals surface area (Å²) in [6, 6.07) is 0.241. The van der Waals surface area contributed by atoms with E-state index in [4.69, 9.17) is 5.73 Å². The number of rotatable bonds is 0. The molecule has 1 unspecified atom stereocenters. The summed E-state index contributed by atoms with van der Waals surface area (Å²) in [7, 11) is 0. The van der Waals surface area contributed by atoms with Crippen LogP contribution in [0.5, 0.6) is 0 Å². The zero-order chi connectivity index (χ0) is 6.43. The van der Waals surface area contributed by atoms with Crippen molar-refractivity contribution >= 4 is 5.91 Å². The topological polar surface area (TPSA) is 46.3 Å². The Morgan fingerprint density at radius 1 is 1.67 bits per heavy atom. The maximum Gasteiger partial charge on any atom is 0.241 e. The van der Waals surface area contributed by atoms with Gasteiger partial charge in [0.05, 0.1) is 6.04 Å².